The molecule has 2 fully saturated rings. The highest BCUT2D eigenvalue weighted by molar-refractivity contribution is 5.96. The van der Waals surface area contributed by atoms with Gasteiger partial charge in [-0.3, -0.25) is 4.79 Å². The summed E-state index contributed by atoms with van der Waals surface area (Å²) in [6.07, 6.45) is 2.55. The van der Waals surface area contributed by atoms with Crippen molar-refractivity contribution in [1.82, 2.24) is 5.32 Å². The molecule has 138 valence electrons. The molecule has 1 saturated heterocycles. The van der Waals surface area contributed by atoms with Crippen molar-refractivity contribution in [2.24, 2.45) is 11.8 Å². The van der Waals surface area contributed by atoms with E-state index in [-0.39, 0.29) is 23.7 Å². The predicted octanol–water partition coefficient (Wildman–Crippen LogP) is 3.28. The Morgan fingerprint density at radius 1 is 1.15 bits per heavy atom. The Morgan fingerprint density at radius 2 is 1.89 bits per heavy atom. The van der Waals surface area contributed by atoms with Gasteiger partial charge in [0.2, 0.25) is 0 Å². The lowest BCUT2D eigenvalue weighted by Crippen LogP contribution is -2.31. The number of carbonyl (C=O) groups excluding carboxylic acids is 1. The van der Waals surface area contributed by atoms with Gasteiger partial charge in [0.15, 0.2) is 5.78 Å². The van der Waals surface area contributed by atoms with Gasteiger partial charge < -0.3 is 15.2 Å². The molecule has 0 spiro atoms. The van der Waals surface area contributed by atoms with Crippen LogP contribution in [0.2, 0.25) is 0 Å². The third-order valence-corrected chi connectivity index (χ3v) is 5.75. The van der Waals surface area contributed by atoms with Crippen molar-refractivity contribution in [3.8, 4) is 17.6 Å². The molecule has 0 radical (unpaired) electrons. The molecule has 0 unspecified atom stereocenters. The maximum absolute atomic E-state index is 12.6. The molecule has 2 aromatic rings. The SMILES string of the molecule is N#Cc1ccc(O[C@H]2C[C@@H]3CN[C@@H](CC(=O)c4ccc(O)cc4)[C@H]3C2)cc1. The van der Waals surface area contributed by atoms with Crippen LogP contribution in [0.3, 0.4) is 0 Å². The smallest absolute Gasteiger partial charge is 0.164 e. The summed E-state index contributed by atoms with van der Waals surface area (Å²) in [5.41, 5.74) is 1.27. The molecule has 0 aromatic heterocycles. The first-order valence-corrected chi connectivity index (χ1v) is 9.35. The average molecular weight is 362 g/mol. The van der Waals surface area contributed by atoms with E-state index < -0.39 is 0 Å². The molecular formula is C22H22N2O3. The lowest BCUT2D eigenvalue weighted by Gasteiger charge is -2.19. The third-order valence-electron chi connectivity index (χ3n) is 5.75. The van der Waals surface area contributed by atoms with Crippen molar-refractivity contribution in [2.75, 3.05) is 6.54 Å². The van der Waals surface area contributed by atoms with Crippen LogP contribution in [0.15, 0.2) is 48.5 Å². The number of nitrogens with zero attached hydrogens (tertiary/aromatic N) is 1. The number of hydrogen-bond acceptors (Lipinski definition) is 5. The molecule has 4 rings (SSSR count). The van der Waals surface area contributed by atoms with Crippen molar-refractivity contribution >= 4 is 5.78 Å². The molecule has 27 heavy (non-hydrogen) atoms. The molecule has 4 atom stereocenters. The minimum atomic E-state index is 0.101. The Hall–Kier alpha value is -2.84. The molecule has 2 aromatic carbocycles. The van der Waals surface area contributed by atoms with E-state index in [1.807, 2.05) is 12.1 Å². The van der Waals surface area contributed by atoms with Gasteiger partial charge >= 0.3 is 0 Å². The predicted molar refractivity (Wildman–Crippen MR) is 101 cm³/mol. The van der Waals surface area contributed by atoms with Crippen LogP contribution in [0.4, 0.5) is 0 Å². The molecule has 5 heteroatoms. The van der Waals surface area contributed by atoms with Crippen molar-refractivity contribution in [3.05, 3.63) is 59.7 Å². The van der Waals surface area contributed by atoms with E-state index >= 15 is 0 Å². The molecule has 2 aliphatic rings. The monoisotopic (exact) mass is 362 g/mol. The number of rotatable bonds is 5. The van der Waals surface area contributed by atoms with Gasteiger partial charge in [-0.25, -0.2) is 0 Å². The second-order valence-corrected chi connectivity index (χ2v) is 7.46. The maximum Gasteiger partial charge on any atom is 0.164 e. The first-order chi connectivity index (χ1) is 13.1. The van der Waals surface area contributed by atoms with Gasteiger partial charge in [0.05, 0.1) is 17.7 Å². The summed E-state index contributed by atoms with van der Waals surface area (Å²) < 4.78 is 6.11. The molecule has 5 nitrogen and oxygen atoms in total. The van der Waals surface area contributed by atoms with Crippen molar-refractivity contribution < 1.29 is 14.6 Å². The van der Waals surface area contributed by atoms with Crippen LogP contribution in [0.1, 0.15) is 35.2 Å². The first-order valence-electron chi connectivity index (χ1n) is 9.35. The largest absolute Gasteiger partial charge is 0.508 e. The molecular weight excluding hydrogens is 340 g/mol. The standard InChI is InChI=1S/C22H22N2O3/c23-12-14-1-7-18(8-2-14)27-19-9-16-13-24-21(20(16)10-19)11-22(26)15-3-5-17(25)6-4-15/h1-8,16,19-21,24-25H,9-11,13H2/t16-,19+,20+,21+/m1/s1. The Balaban J connectivity index is 1.36. The molecule has 1 aliphatic carbocycles. The van der Waals surface area contributed by atoms with Crippen LogP contribution in [0.5, 0.6) is 11.5 Å². The third kappa shape index (κ3) is 3.81. The van der Waals surface area contributed by atoms with E-state index in [0.29, 0.717) is 29.4 Å². The van der Waals surface area contributed by atoms with Crippen molar-refractivity contribution in [2.45, 2.75) is 31.4 Å². The van der Waals surface area contributed by atoms with Gasteiger partial charge in [-0.1, -0.05) is 0 Å². The molecule has 1 saturated carbocycles. The van der Waals surface area contributed by atoms with Gasteiger partial charge in [0, 0.05) is 18.0 Å². The second-order valence-electron chi connectivity index (χ2n) is 7.46. The fourth-order valence-corrected chi connectivity index (χ4v) is 4.37. The Labute approximate surface area is 158 Å². The summed E-state index contributed by atoms with van der Waals surface area (Å²) in [6.45, 7) is 0.922. The molecule has 2 N–H and O–H groups in total. The zero-order chi connectivity index (χ0) is 18.8. The zero-order valence-corrected chi connectivity index (χ0v) is 15.0. The number of fused-ring (bicyclic) bond motifs is 1. The number of nitriles is 1. The zero-order valence-electron chi connectivity index (χ0n) is 15.0. The number of hydrogen-bond donors (Lipinski definition) is 2. The van der Waals surface area contributed by atoms with Gasteiger partial charge in [-0.2, -0.15) is 5.26 Å². The summed E-state index contributed by atoms with van der Waals surface area (Å²) in [4.78, 5) is 12.6. The number of ether oxygens (including phenoxy) is 1. The lowest BCUT2D eigenvalue weighted by molar-refractivity contribution is 0.0961. The van der Waals surface area contributed by atoms with Gasteiger partial charge in [0.1, 0.15) is 11.5 Å². The van der Waals surface area contributed by atoms with Gasteiger partial charge in [-0.15, -0.1) is 0 Å². The molecule has 1 heterocycles. The summed E-state index contributed by atoms with van der Waals surface area (Å²) >= 11 is 0. The second kappa shape index (κ2) is 7.42. The summed E-state index contributed by atoms with van der Waals surface area (Å²) in [7, 11) is 0. The van der Waals surface area contributed by atoms with E-state index in [4.69, 9.17) is 10.00 Å². The molecule has 1 aliphatic heterocycles. The van der Waals surface area contributed by atoms with Crippen LogP contribution in [-0.4, -0.2) is 29.6 Å². The van der Waals surface area contributed by atoms with Gasteiger partial charge in [0.25, 0.3) is 0 Å². The van der Waals surface area contributed by atoms with Crippen LogP contribution in [0.25, 0.3) is 0 Å². The summed E-state index contributed by atoms with van der Waals surface area (Å²) in [6, 6.07) is 16.0. The number of aromatic hydroxyl groups is 1. The normalized spacial score (nSPS) is 26.3. The topological polar surface area (TPSA) is 82.3 Å². The number of phenols is 1. The molecule has 0 amide bonds. The van der Waals surface area contributed by atoms with Gasteiger partial charge in [-0.05, 0) is 79.8 Å². The summed E-state index contributed by atoms with van der Waals surface area (Å²) in [5.74, 6) is 2.04. The Kier molecular flexibility index (Phi) is 4.83. The van der Waals surface area contributed by atoms with Crippen LogP contribution in [0, 0.1) is 23.2 Å². The van der Waals surface area contributed by atoms with E-state index in [9.17, 15) is 9.90 Å². The van der Waals surface area contributed by atoms with E-state index in [1.54, 1.807) is 36.4 Å². The number of ketones is 1. The summed E-state index contributed by atoms with van der Waals surface area (Å²) in [5, 5.41) is 21.8. The quantitative estimate of drug-likeness (QED) is 0.798. The highest BCUT2D eigenvalue weighted by Gasteiger charge is 2.44. The maximum atomic E-state index is 12.6. The minimum absolute atomic E-state index is 0.101. The number of phenolic OH excluding ortho intramolecular Hbond substituents is 1. The first kappa shape index (κ1) is 17.6. The Bertz CT molecular complexity index is 855. The minimum Gasteiger partial charge on any atom is -0.508 e. The van der Waals surface area contributed by atoms with E-state index in [1.165, 1.54) is 0 Å². The molecule has 0 bridgehead atoms. The number of nitrogens with one attached hydrogen (secondary N) is 1. The van der Waals surface area contributed by atoms with E-state index in [2.05, 4.69) is 11.4 Å². The number of Topliss-reactive ketones (excluding diaryl/α,β-unsaturated/α-hetero) is 1. The Morgan fingerprint density at radius 3 is 2.59 bits per heavy atom. The highest BCUT2D eigenvalue weighted by Crippen LogP contribution is 2.41. The van der Waals surface area contributed by atoms with Crippen molar-refractivity contribution in [3.63, 3.8) is 0 Å². The number of carbonyl (C=O) groups is 1. The number of benzene rings is 2. The van der Waals surface area contributed by atoms with Crippen LogP contribution < -0.4 is 10.1 Å². The lowest BCUT2D eigenvalue weighted by atomic mass is 9.90. The van der Waals surface area contributed by atoms with E-state index in [0.717, 1.165) is 25.1 Å². The van der Waals surface area contributed by atoms with Crippen LogP contribution >= 0.6 is 0 Å². The van der Waals surface area contributed by atoms with Crippen LogP contribution in [-0.2, 0) is 0 Å². The fraction of sp³-hybridized carbons (Fsp3) is 0.364. The fourth-order valence-electron chi connectivity index (χ4n) is 4.37. The average Bonchev–Trinajstić information content (AvgIpc) is 3.24. The van der Waals surface area contributed by atoms with Crippen molar-refractivity contribution in [1.29, 1.82) is 5.26 Å². The highest BCUT2D eigenvalue weighted by atomic mass is 16.5.